The average Bonchev–Trinajstić information content (AvgIpc) is 1.88. The van der Waals surface area contributed by atoms with Crippen LogP contribution in [0.15, 0.2) is 12.7 Å². The molecular weight excluding hydrogens is 126 g/mol. The van der Waals surface area contributed by atoms with Gasteiger partial charge in [-0.25, -0.2) is 0 Å². The second-order valence-electron chi connectivity index (χ2n) is 2.52. The number of amides is 1. The van der Waals surface area contributed by atoms with Crippen LogP contribution < -0.4 is 5.73 Å². The lowest BCUT2D eigenvalue weighted by Gasteiger charge is -2.03. The van der Waals surface area contributed by atoms with Crippen LogP contribution >= 0.6 is 0 Å². The minimum Gasteiger partial charge on any atom is -0.369 e. The van der Waals surface area contributed by atoms with E-state index < -0.39 is 0 Å². The van der Waals surface area contributed by atoms with Gasteiger partial charge in [0.25, 0.3) is 0 Å². The summed E-state index contributed by atoms with van der Waals surface area (Å²) in [5, 5.41) is 0. The third-order valence-corrected chi connectivity index (χ3v) is 1.53. The summed E-state index contributed by atoms with van der Waals surface area (Å²) in [7, 11) is 0. The van der Waals surface area contributed by atoms with E-state index in [1.54, 1.807) is 0 Å². The molecule has 0 heterocycles. The molecule has 0 bridgehead atoms. The molecule has 2 N–H and O–H groups in total. The van der Waals surface area contributed by atoms with Crippen LogP contribution in [0.4, 0.5) is 0 Å². The molecule has 1 atom stereocenters. The van der Waals surface area contributed by atoms with Crippen molar-refractivity contribution < 1.29 is 4.79 Å². The fourth-order valence-electron chi connectivity index (χ4n) is 0.711. The van der Waals surface area contributed by atoms with Crippen molar-refractivity contribution in [2.24, 2.45) is 11.7 Å². The predicted octanol–water partition coefficient (Wildman–Crippen LogP) is 1.46. The Morgan fingerprint density at radius 2 is 2.40 bits per heavy atom. The van der Waals surface area contributed by atoms with Crippen LogP contribution in [0.5, 0.6) is 0 Å². The molecule has 0 aromatic rings. The Bertz CT molecular complexity index is 120. The molecule has 58 valence electrons. The number of carbonyl (C=O) groups excluding carboxylic acids is 1. The first-order valence-electron chi connectivity index (χ1n) is 3.58. The van der Waals surface area contributed by atoms with Gasteiger partial charge in [0.2, 0.25) is 5.91 Å². The maximum absolute atomic E-state index is 10.5. The molecule has 0 spiro atoms. The van der Waals surface area contributed by atoms with Gasteiger partial charge in [0.15, 0.2) is 0 Å². The number of rotatable bonds is 5. The minimum absolute atomic E-state index is 0.0138. The number of nitrogens with two attached hydrogens (primary N) is 1. The molecule has 0 fully saturated rings. The Morgan fingerprint density at radius 1 is 1.80 bits per heavy atom. The molecule has 0 aliphatic heterocycles. The summed E-state index contributed by atoms with van der Waals surface area (Å²) in [6.07, 6.45) is 4.71. The van der Waals surface area contributed by atoms with E-state index in [1.807, 2.05) is 13.0 Å². The highest BCUT2D eigenvalue weighted by Gasteiger charge is 2.06. The van der Waals surface area contributed by atoms with Gasteiger partial charge in [0.05, 0.1) is 0 Å². The number of carbonyl (C=O) groups is 1. The van der Waals surface area contributed by atoms with Gasteiger partial charge in [-0.05, 0) is 19.3 Å². The lowest BCUT2D eigenvalue weighted by molar-refractivity contribution is -0.121. The highest BCUT2D eigenvalue weighted by molar-refractivity contribution is 5.76. The number of hydrogen-bond acceptors (Lipinski definition) is 1. The highest BCUT2D eigenvalue weighted by atomic mass is 16.1. The van der Waals surface area contributed by atoms with Gasteiger partial charge >= 0.3 is 0 Å². The number of allylic oxidation sites excluding steroid dienone is 1. The van der Waals surface area contributed by atoms with Crippen molar-refractivity contribution in [3.8, 4) is 0 Å². The van der Waals surface area contributed by atoms with Crippen molar-refractivity contribution in [2.75, 3.05) is 0 Å². The zero-order valence-electron chi connectivity index (χ0n) is 6.47. The van der Waals surface area contributed by atoms with Crippen LogP contribution in [0, 0.1) is 5.92 Å². The summed E-state index contributed by atoms with van der Waals surface area (Å²) in [6, 6.07) is 0. The Labute approximate surface area is 62.1 Å². The molecule has 0 rings (SSSR count). The van der Waals surface area contributed by atoms with Gasteiger partial charge in [-0.2, -0.15) is 0 Å². The quantitative estimate of drug-likeness (QED) is 0.457. The van der Waals surface area contributed by atoms with Crippen molar-refractivity contribution in [3.05, 3.63) is 12.7 Å². The number of primary amides is 1. The molecule has 0 aromatic carbocycles. The largest absolute Gasteiger partial charge is 0.369 e. The molecule has 10 heavy (non-hydrogen) atoms. The van der Waals surface area contributed by atoms with E-state index in [1.165, 1.54) is 0 Å². The third-order valence-electron chi connectivity index (χ3n) is 1.53. The Morgan fingerprint density at radius 3 is 2.80 bits per heavy atom. The topological polar surface area (TPSA) is 43.1 Å². The van der Waals surface area contributed by atoms with Crippen LogP contribution in [0.1, 0.15) is 26.2 Å². The van der Waals surface area contributed by atoms with Gasteiger partial charge in [-0.15, -0.1) is 6.58 Å². The third kappa shape index (κ3) is 4.13. The maximum atomic E-state index is 10.5. The van der Waals surface area contributed by atoms with Crippen molar-refractivity contribution >= 4 is 5.91 Å². The van der Waals surface area contributed by atoms with Crippen molar-refractivity contribution in [1.82, 2.24) is 0 Å². The smallest absolute Gasteiger partial charge is 0.220 e. The zero-order chi connectivity index (χ0) is 7.98. The maximum Gasteiger partial charge on any atom is 0.220 e. The summed E-state index contributed by atoms with van der Waals surface area (Å²) in [4.78, 5) is 10.5. The minimum atomic E-state index is -0.205. The molecule has 2 heteroatoms. The van der Waals surface area contributed by atoms with E-state index in [2.05, 4.69) is 6.58 Å². The molecule has 0 radical (unpaired) electrons. The van der Waals surface area contributed by atoms with Crippen LogP contribution in [-0.4, -0.2) is 5.91 Å². The fourth-order valence-corrected chi connectivity index (χ4v) is 0.711. The predicted molar refractivity (Wildman–Crippen MR) is 42.4 cm³/mol. The van der Waals surface area contributed by atoms with E-state index in [-0.39, 0.29) is 11.8 Å². The van der Waals surface area contributed by atoms with E-state index in [0.717, 1.165) is 19.3 Å². The van der Waals surface area contributed by atoms with E-state index >= 15 is 0 Å². The van der Waals surface area contributed by atoms with Crippen LogP contribution in [0.2, 0.25) is 0 Å². The second kappa shape index (κ2) is 5.03. The highest BCUT2D eigenvalue weighted by Crippen LogP contribution is 2.06. The normalized spacial score (nSPS) is 12.5. The first-order chi connectivity index (χ1) is 4.68. The number of hydrogen-bond donors (Lipinski definition) is 1. The Kier molecular flexibility index (Phi) is 4.63. The molecular formula is C8H15NO. The molecule has 0 aliphatic carbocycles. The first kappa shape index (κ1) is 9.21. The molecule has 0 saturated carbocycles. The summed E-state index contributed by atoms with van der Waals surface area (Å²) in [6.45, 7) is 5.44. The van der Waals surface area contributed by atoms with Crippen LogP contribution in [0.25, 0.3) is 0 Å². The fraction of sp³-hybridized carbons (Fsp3) is 0.625. The van der Waals surface area contributed by atoms with Gasteiger partial charge in [-0.1, -0.05) is 13.0 Å². The monoisotopic (exact) mass is 141 g/mol. The lowest BCUT2D eigenvalue weighted by Crippen LogP contribution is -2.20. The molecule has 2 nitrogen and oxygen atoms in total. The van der Waals surface area contributed by atoms with Crippen molar-refractivity contribution in [3.63, 3.8) is 0 Å². The lowest BCUT2D eigenvalue weighted by atomic mass is 10.0. The van der Waals surface area contributed by atoms with Crippen LogP contribution in [-0.2, 0) is 4.79 Å². The summed E-state index contributed by atoms with van der Waals surface area (Å²) < 4.78 is 0. The Balaban J connectivity index is 3.30. The summed E-state index contributed by atoms with van der Waals surface area (Å²) in [5.74, 6) is -0.191. The second-order valence-corrected chi connectivity index (χ2v) is 2.52. The van der Waals surface area contributed by atoms with Crippen molar-refractivity contribution in [1.29, 1.82) is 0 Å². The number of unbranched alkanes of at least 4 members (excludes halogenated alkanes) is 1. The zero-order valence-corrected chi connectivity index (χ0v) is 6.47. The first-order valence-corrected chi connectivity index (χ1v) is 3.58. The van der Waals surface area contributed by atoms with Crippen molar-refractivity contribution in [2.45, 2.75) is 26.2 Å². The van der Waals surface area contributed by atoms with Crippen LogP contribution in [0.3, 0.4) is 0 Å². The van der Waals surface area contributed by atoms with E-state index in [4.69, 9.17) is 5.73 Å². The summed E-state index contributed by atoms with van der Waals surface area (Å²) in [5.41, 5.74) is 5.05. The molecule has 0 unspecified atom stereocenters. The standard InChI is InChI=1S/C8H15NO/c1-3-4-5-6-7(2)8(9)10/h3,7H,1,4-6H2,2H3,(H2,9,10)/t7-/m0/s1. The van der Waals surface area contributed by atoms with Gasteiger partial charge in [0.1, 0.15) is 0 Å². The van der Waals surface area contributed by atoms with Gasteiger partial charge in [0, 0.05) is 5.92 Å². The molecule has 0 aromatic heterocycles. The van der Waals surface area contributed by atoms with Gasteiger partial charge in [-0.3, -0.25) is 4.79 Å². The molecule has 0 saturated heterocycles. The molecule has 0 aliphatic rings. The van der Waals surface area contributed by atoms with Gasteiger partial charge < -0.3 is 5.73 Å². The SMILES string of the molecule is C=CCCC[C@H](C)C(N)=O. The Hall–Kier alpha value is -0.790. The summed E-state index contributed by atoms with van der Waals surface area (Å²) >= 11 is 0. The average molecular weight is 141 g/mol. The molecule has 1 amide bonds. The van der Waals surface area contributed by atoms with E-state index in [0.29, 0.717) is 0 Å². The van der Waals surface area contributed by atoms with E-state index in [9.17, 15) is 4.79 Å².